The molecule has 51 heavy (non-hydrogen) atoms. The Hall–Kier alpha value is -5.06. The van der Waals surface area contributed by atoms with Gasteiger partial charge in [0.2, 0.25) is 5.91 Å². The number of para-hydroxylation sites is 1. The number of carbonyl (C=O) groups is 3. The van der Waals surface area contributed by atoms with Crippen molar-refractivity contribution >= 4 is 56.2 Å². The van der Waals surface area contributed by atoms with Crippen molar-refractivity contribution in [2.45, 2.75) is 64.3 Å². The highest BCUT2D eigenvalue weighted by Crippen LogP contribution is 2.32. The molecule has 0 saturated carbocycles. The molecule has 0 bridgehead atoms. The summed E-state index contributed by atoms with van der Waals surface area (Å²) in [6, 6.07) is 30.8. The Balaban J connectivity index is 1.36. The lowest BCUT2D eigenvalue weighted by atomic mass is 9.98. The summed E-state index contributed by atoms with van der Waals surface area (Å²) in [6.07, 6.45) is 2.73. The number of ether oxygens (including phenoxy) is 1. The maximum Gasteiger partial charge on any atom is 0.419 e. The Morgan fingerprint density at radius 1 is 0.941 bits per heavy atom. The highest BCUT2D eigenvalue weighted by Gasteiger charge is 2.32. The number of amides is 1. The zero-order valence-electron chi connectivity index (χ0n) is 28.9. The predicted octanol–water partition coefficient (Wildman–Crippen LogP) is 8.32. The van der Waals surface area contributed by atoms with Crippen LogP contribution in [0.15, 0.2) is 119 Å². The average molecular weight is 750 g/mol. The molecular weight excluding hydrogens is 708 g/mol. The molecule has 1 aromatic heterocycles. The maximum absolute atomic E-state index is 13.9. The number of carboxylic acid groups (broad SMARTS) is 1. The first-order chi connectivity index (χ1) is 24.5. The van der Waals surface area contributed by atoms with Crippen molar-refractivity contribution in [2.75, 3.05) is 11.9 Å². The highest BCUT2D eigenvalue weighted by molar-refractivity contribution is 9.10. The van der Waals surface area contributed by atoms with E-state index in [4.69, 9.17) is 9.73 Å². The minimum Gasteiger partial charge on any atom is -0.480 e. The molecule has 1 amide bonds. The molecule has 2 atom stereocenters. The maximum atomic E-state index is 13.9. The van der Waals surface area contributed by atoms with E-state index < -0.39 is 23.7 Å². The molecule has 0 unspecified atom stereocenters. The topological polar surface area (TPSA) is 113 Å². The number of halogens is 1. The second-order valence-corrected chi connectivity index (χ2v) is 14.5. The smallest absolute Gasteiger partial charge is 0.419 e. The van der Waals surface area contributed by atoms with Gasteiger partial charge in [-0.3, -0.25) is 19.3 Å². The first-order valence-corrected chi connectivity index (χ1v) is 17.8. The Labute approximate surface area is 306 Å². The van der Waals surface area contributed by atoms with Gasteiger partial charge in [0.15, 0.2) is 6.04 Å². The van der Waals surface area contributed by atoms with E-state index in [9.17, 15) is 19.5 Å². The van der Waals surface area contributed by atoms with E-state index in [1.54, 1.807) is 33.0 Å². The van der Waals surface area contributed by atoms with E-state index in [1.807, 2.05) is 84.9 Å². The van der Waals surface area contributed by atoms with Gasteiger partial charge in [0.1, 0.15) is 5.60 Å². The molecule has 1 aliphatic rings. The standard InChI is InChI=1S/C41H41BrN4O5/c1-41(2,3)51-40(50)46-26-29(36-31(42)19-12-21-34(36)46)24-33(39(48)49)43-37(28-16-8-5-9-17-28)30-18-10-11-20-32(30)44-38(47)35-22-13-23-45(35)25-27-14-6-4-7-15-27/h4-12,14-21,26,33,35H,13,22-25H2,1-3H3,(H,44,47)(H,48,49)/t33-,35-/m0/s1. The third-order valence-electron chi connectivity index (χ3n) is 8.81. The predicted molar refractivity (Wildman–Crippen MR) is 203 cm³/mol. The molecule has 5 aromatic rings. The van der Waals surface area contributed by atoms with Gasteiger partial charge in [-0.25, -0.2) is 9.59 Å². The van der Waals surface area contributed by atoms with E-state index in [-0.39, 0.29) is 18.4 Å². The number of hydrogen-bond donors (Lipinski definition) is 2. The van der Waals surface area contributed by atoms with Crippen LogP contribution in [-0.2, 0) is 27.3 Å². The van der Waals surface area contributed by atoms with Crippen molar-refractivity contribution in [1.82, 2.24) is 9.47 Å². The van der Waals surface area contributed by atoms with Gasteiger partial charge in [0.25, 0.3) is 0 Å². The second-order valence-electron chi connectivity index (χ2n) is 13.7. The summed E-state index contributed by atoms with van der Waals surface area (Å²) >= 11 is 3.61. The van der Waals surface area contributed by atoms with Crippen LogP contribution in [-0.4, -0.2) is 62.5 Å². The van der Waals surface area contributed by atoms with Crippen molar-refractivity contribution < 1.29 is 24.2 Å². The molecular formula is C41H41BrN4O5. The Kier molecular flexibility index (Phi) is 10.8. The van der Waals surface area contributed by atoms with Gasteiger partial charge in [-0.2, -0.15) is 0 Å². The molecule has 10 heteroatoms. The molecule has 4 aromatic carbocycles. The second kappa shape index (κ2) is 15.4. The molecule has 0 aliphatic carbocycles. The molecule has 6 rings (SSSR count). The van der Waals surface area contributed by atoms with E-state index >= 15 is 0 Å². The van der Waals surface area contributed by atoms with Crippen molar-refractivity contribution in [3.8, 4) is 0 Å². The Morgan fingerprint density at radius 3 is 2.33 bits per heavy atom. The van der Waals surface area contributed by atoms with Crippen molar-refractivity contribution in [1.29, 1.82) is 0 Å². The number of aliphatic imine (C=N–C) groups is 1. The Bertz CT molecular complexity index is 2070. The molecule has 1 fully saturated rings. The van der Waals surface area contributed by atoms with Crippen LogP contribution in [0, 0.1) is 0 Å². The first-order valence-electron chi connectivity index (χ1n) is 17.0. The SMILES string of the molecule is CC(C)(C)OC(=O)n1cc(C[C@H](N=C(c2ccccc2)c2ccccc2NC(=O)[C@@H]2CCCN2Cc2ccccc2)C(=O)O)c2c(Br)cccc21. The van der Waals surface area contributed by atoms with Crippen LogP contribution >= 0.6 is 15.9 Å². The van der Waals surface area contributed by atoms with Crippen LogP contribution in [0.3, 0.4) is 0 Å². The normalized spacial score (nSPS) is 15.8. The zero-order chi connectivity index (χ0) is 36.1. The first kappa shape index (κ1) is 35.8. The minimum atomic E-state index is -1.23. The van der Waals surface area contributed by atoms with Crippen molar-refractivity contribution in [2.24, 2.45) is 4.99 Å². The van der Waals surface area contributed by atoms with Gasteiger partial charge in [-0.15, -0.1) is 0 Å². The number of anilines is 1. The fourth-order valence-corrected chi connectivity index (χ4v) is 7.14. The molecule has 2 heterocycles. The molecule has 1 aliphatic heterocycles. The summed E-state index contributed by atoms with van der Waals surface area (Å²) in [6.45, 7) is 6.89. The van der Waals surface area contributed by atoms with Crippen LogP contribution in [0.2, 0.25) is 0 Å². The van der Waals surface area contributed by atoms with E-state index in [0.29, 0.717) is 45.5 Å². The molecule has 1 saturated heterocycles. The van der Waals surface area contributed by atoms with Gasteiger partial charge < -0.3 is 15.2 Å². The lowest BCUT2D eigenvalue weighted by Gasteiger charge is -2.24. The van der Waals surface area contributed by atoms with Gasteiger partial charge in [0.05, 0.1) is 23.0 Å². The summed E-state index contributed by atoms with van der Waals surface area (Å²) in [5.74, 6) is -1.24. The summed E-state index contributed by atoms with van der Waals surface area (Å²) in [5, 5.41) is 14.5. The monoisotopic (exact) mass is 748 g/mol. The summed E-state index contributed by atoms with van der Waals surface area (Å²) < 4.78 is 7.79. The van der Waals surface area contributed by atoms with Crippen LogP contribution in [0.1, 0.15) is 55.9 Å². The van der Waals surface area contributed by atoms with Crippen molar-refractivity contribution in [3.05, 3.63) is 136 Å². The average Bonchev–Trinajstić information content (AvgIpc) is 3.72. The quantitative estimate of drug-likeness (QED) is 0.139. The number of fused-ring (bicyclic) bond motifs is 1. The summed E-state index contributed by atoms with van der Waals surface area (Å²) in [4.78, 5) is 47.2. The molecule has 9 nitrogen and oxygen atoms in total. The van der Waals surface area contributed by atoms with E-state index in [0.717, 1.165) is 29.4 Å². The number of nitrogens with one attached hydrogen (secondary N) is 1. The van der Waals surface area contributed by atoms with Crippen molar-refractivity contribution in [3.63, 3.8) is 0 Å². The third-order valence-corrected chi connectivity index (χ3v) is 9.47. The number of hydrogen-bond acceptors (Lipinski definition) is 6. The lowest BCUT2D eigenvalue weighted by molar-refractivity contribution is -0.138. The number of nitrogens with zero attached hydrogens (tertiary/aromatic N) is 3. The number of carboxylic acids is 1. The number of likely N-dealkylation sites (tertiary alicyclic amines) is 1. The molecule has 262 valence electrons. The van der Waals surface area contributed by atoms with E-state index in [1.165, 1.54) is 4.57 Å². The van der Waals surface area contributed by atoms with Gasteiger partial charge >= 0.3 is 12.1 Å². The van der Waals surface area contributed by atoms with Crippen LogP contribution in [0.4, 0.5) is 10.5 Å². The third kappa shape index (κ3) is 8.46. The molecule has 2 N–H and O–H groups in total. The largest absolute Gasteiger partial charge is 0.480 e. The zero-order valence-corrected chi connectivity index (χ0v) is 30.5. The number of rotatable bonds is 10. The van der Waals surface area contributed by atoms with Gasteiger partial charge in [-0.1, -0.05) is 101 Å². The lowest BCUT2D eigenvalue weighted by Crippen LogP contribution is -2.39. The van der Waals surface area contributed by atoms with Gasteiger partial charge in [0, 0.05) is 40.1 Å². The van der Waals surface area contributed by atoms with Crippen LogP contribution in [0.5, 0.6) is 0 Å². The molecule has 0 spiro atoms. The number of benzene rings is 4. The fourth-order valence-electron chi connectivity index (χ4n) is 6.53. The van der Waals surface area contributed by atoms with Crippen LogP contribution < -0.4 is 5.32 Å². The number of aromatic nitrogens is 1. The number of carbonyl (C=O) groups excluding carboxylic acids is 2. The van der Waals surface area contributed by atoms with E-state index in [2.05, 4.69) is 38.3 Å². The highest BCUT2D eigenvalue weighted by atomic mass is 79.9. The summed E-state index contributed by atoms with van der Waals surface area (Å²) in [7, 11) is 0. The summed E-state index contributed by atoms with van der Waals surface area (Å²) in [5.41, 5.74) is 3.92. The Morgan fingerprint density at radius 2 is 1.63 bits per heavy atom. The molecule has 0 radical (unpaired) electrons. The number of aliphatic carboxylic acids is 1. The fraction of sp³-hybridized carbons (Fsp3) is 0.268. The van der Waals surface area contributed by atoms with Gasteiger partial charge in [-0.05, 0) is 69.5 Å². The van der Waals surface area contributed by atoms with Crippen LogP contribution in [0.25, 0.3) is 10.9 Å². The minimum absolute atomic E-state index is 0.00831.